The molecule has 1 saturated heterocycles. The summed E-state index contributed by atoms with van der Waals surface area (Å²) in [7, 11) is 0. The van der Waals surface area contributed by atoms with Crippen molar-refractivity contribution in [1.29, 1.82) is 0 Å². The second-order valence-electron chi connectivity index (χ2n) is 5.58. The van der Waals surface area contributed by atoms with Gasteiger partial charge in [0.2, 0.25) is 0 Å². The average Bonchev–Trinajstić information content (AvgIpc) is 2.34. The summed E-state index contributed by atoms with van der Waals surface area (Å²) in [5.74, 6) is 0. The van der Waals surface area contributed by atoms with Crippen LogP contribution in [0, 0.1) is 20.2 Å². The van der Waals surface area contributed by atoms with Crippen LogP contribution in [-0.2, 0) is 0 Å². The fraction of sp³-hybridized carbons (Fsp3) is 1.00. The summed E-state index contributed by atoms with van der Waals surface area (Å²) in [6, 6.07) is 0. The third-order valence-electron chi connectivity index (χ3n) is 3.37. The number of hydrogen-bond donors (Lipinski definition) is 0. The van der Waals surface area contributed by atoms with E-state index in [-0.39, 0.29) is 10.0 Å². The normalized spacial score (nSPS) is 30.4. The lowest BCUT2D eigenvalue weighted by Crippen LogP contribution is -2.66. The number of halogens is 4. The van der Waals surface area contributed by atoms with Crippen molar-refractivity contribution in [3.05, 3.63) is 20.2 Å². The van der Waals surface area contributed by atoms with Gasteiger partial charge >= 0.3 is 0 Å². The van der Waals surface area contributed by atoms with Gasteiger partial charge < -0.3 is 0 Å². The number of rotatable bonds is 4. The minimum absolute atomic E-state index is 0.204. The molecule has 1 rings (SSSR count). The molecule has 22 heavy (non-hydrogen) atoms. The highest BCUT2D eigenvalue weighted by Crippen LogP contribution is 2.28. The molecular weight excluding hydrogens is 320 g/mol. The second kappa shape index (κ2) is 6.04. The third kappa shape index (κ3) is 3.62. The summed E-state index contributed by atoms with van der Waals surface area (Å²) >= 11 is 0. The Bertz CT molecular complexity index is 400. The highest BCUT2D eigenvalue weighted by Gasteiger charge is 2.52. The zero-order valence-electron chi connectivity index (χ0n) is 11.7. The summed E-state index contributed by atoms with van der Waals surface area (Å²) in [6.45, 7) is -2.15. The Hall–Kier alpha value is -1.96. The molecule has 0 atom stereocenters. The standard InChI is InChI=1S/C8H14F4N6O4/c1-7(15(9)10)3-13(17(19)20)5-8(2,16(11)12)6-14(4-7)18(21)22/h3-6H2,1-2H3. The van der Waals surface area contributed by atoms with Crippen molar-refractivity contribution in [2.45, 2.75) is 24.9 Å². The summed E-state index contributed by atoms with van der Waals surface area (Å²) in [5, 5.41) is 17.3. The molecule has 1 fully saturated rings. The zero-order valence-corrected chi connectivity index (χ0v) is 11.7. The molecular formula is C8H14F4N6O4. The molecule has 0 radical (unpaired) electrons. The van der Waals surface area contributed by atoms with Gasteiger partial charge in [0.25, 0.3) is 0 Å². The largest absolute Gasteiger partial charge is 0.235 e. The smallest absolute Gasteiger partial charge is 0.160 e. The van der Waals surface area contributed by atoms with Gasteiger partial charge in [-0.05, 0) is 13.8 Å². The molecule has 0 N–H and O–H groups in total. The SMILES string of the molecule is CC1(N(F)F)CN([N+](=O)[O-])CC(C)(N(F)F)CN([N+](=O)[O-])C1. The fourth-order valence-corrected chi connectivity index (χ4v) is 2.23. The van der Waals surface area contributed by atoms with Crippen LogP contribution >= 0.6 is 0 Å². The topological polar surface area (TPSA) is 99.2 Å². The van der Waals surface area contributed by atoms with Crippen molar-refractivity contribution in [1.82, 2.24) is 20.7 Å². The Morgan fingerprint density at radius 3 is 1.18 bits per heavy atom. The first-order chi connectivity index (χ1) is 9.91. The van der Waals surface area contributed by atoms with Gasteiger partial charge in [0, 0.05) is 10.7 Å². The molecule has 0 spiro atoms. The second-order valence-corrected chi connectivity index (χ2v) is 5.58. The lowest BCUT2D eigenvalue weighted by Gasteiger charge is -2.40. The van der Waals surface area contributed by atoms with Gasteiger partial charge in [-0.25, -0.2) is 20.2 Å². The molecule has 0 amide bonds. The van der Waals surface area contributed by atoms with E-state index in [4.69, 9.17) is 0 Å². The molecule has 0 aliphatic carbocycles. The average molecular weight is 334 g/mol. The Morgan fingerprint density at radius 1 is 0.818 bits per heavy atom. The molecule has 0 unspecified atom stereocenters. The van der Waals surface area contributed by atoms with Crippen LogP contribution in [0.3, 0.4) is 0 Å². The maximum absolute atomic E-state index is 13.0. The maximum atomic E-state index is 13.0. The lowest BCUT2D eigenvalue weighted by atomic mass is 9.96. The lowest BCUT2D eigenvalue weighted by molar-refractivity contribution is -0.681. The predicted molar refractivity (Wildman–Crippen MR) is 62.1 cm³/mol. The number of nitro groups is 2. The van der Waals surface area contributed by atoms with Gasteiger partial charge in [0.1, 0.15) is 37.3 Å². The first-order valence-corrected chi connectivity index (χ1v) is 5.93. The van der Waals surface area contributed by atoms with E-state index in [9.17, 15) is 38.2 Å². The van der Waals surface area contributed by atoms with E-state index >= 15 is 0 Å². The van der Waals surface area contributed by atoms with Crippen LogP contribution in [0.25, 0.3) is 0 Å². The molecule has 14 heteroatoms. The minimum Gasteiger partial charge on any atom is -0.235 e. The van der Waals surface area contributed by atoms with E-state index in [1.807, 2.05) is 0 Å². The van der Waals surface area contributed by atoms with Crippen molar-refractivity contribution in [3.63, 3.8) is 0 Å². The molecule has 0 bridgehead atoms. The molecule has 10 nitrogen and oxygen atoms in total. The van der Waals surface area contributed by atoms with Crippen molar-refractivity contribution >= 4 is 0 Å². The van der Waals surface area contributed by atoms with Gasteiger partial charge in [0.05, 0.1) is 0 Å². The molecule has 0 saturated carbocycles. The van der Waals surface area contributed by atoms with Crippen molar-refractivity contribution < 1.29 is 28.0 Å². The van der Waals surface area contributed by atoms with Gasteiger partial charge in [-0.1, -0.05) is 0 Å². The molecule has 0 aromatic rings. The number of hydrazine groups is 2. The highest BCUT2D eigenvalue weighted by molar-refractivity contribution is 4.93. The van der Waals surface area contributed by atoms with E-state index in [1.165, 1.54) is 0 Å². The van der Waals surface area contributed by atoms with Gasteiger partial charge in [0.15, 0.2) is 10.1 Å². The first kappa shape index (κ1) is 18.1. The van der Waals surface area contributed by atoms with Crippen molar-refractivity contribution in [3.8, 4) is 0 Å². The summed E-state index contributed by atoms with van der Waals surface area (Å²) in [5.41, 5.74) is -4.56. The van der Waals surface area contributed by atoms with Gasteiger partial charge in [-0.3, -0.25) is 0 Å². The fourth-order valence-electron chi connectivity index (χ4n) is 2.23. The molecule has 128 valence electrons. The molecule has 1 aliphatic heterocycles. The van der Waals surface area contributed by atoms with Crippen LogP contribution < -0.4 is 0 Å². The molecule has 1 heterocycles. The Morgan fingerprint density at radius 2 is 1.05 bits per heavy atom. The first-order valence-electron chi connectivity index (χ1n) is 5.93. The highest BCUT2D eigenvalue weighted by atomic mass is 19.4. The predicted octanol–water partition coefficient (Wildman–Crippen LogP) is 0.647. The zero-order chi connectivity index (χ0) is 17.3. The summed E-state index contributed by atoms with van der Waals surface area (Å²) in [6.07, 6.45) is 0. The molecule has 0 aromatic carbocycles. The summed E-state index contributed by atoms with van der Waals surface area (Å²) < 4.78 is 52.1. The van der Waals surface area contributed by atoms with E-state index < -0.39 is 58.0 Å². The van der Waals surface area contributed by atoms with Crippen LogP contribution in [0.1, 0.15) is 13.8 Å². The third-order valence-corrected chi connectivity index (χ3v) is 3.37. The van der Waals surface area contributed by atoms with Crippen molar-refractivity contribution in [2.24, 2.45) is 0 Å². The van der Waals surface area contributed by atoms with Gasteiger partial charge in [-0.15, -0.1) is 27.9 Å². The van der Waals surface area contributed by atoms with Crippen LogP contribution in [0.15, 0.2) is 0 Å². The number of hydrogen-bond acceptors (Lipinski definition) is 6. The Labute approximate surface area is 121 Å². The van der Waals surface area contributed by atoms with E-state index in [0.29, 0.717) is 0 Å². The molecule has 0 aromatic heterocycles. The number of nitrogens with zero attached hydrogens (tertiary/aromatic N) is 6. The van der Waals surface area contributed by atoms with Crippen LogP contribution in [0.2, 0.25) is 0 Å². The van der Waals surface area contributed by atoms with Gasteiger partial charge in [-0.2, -0.15) is 0 Å². The van der Waals surface area contributed by atoms with Crippen molar-refractivity contribution in [2.75, 3.05) is 26.2 Å². The minimum atomic E-state index is -2.28. The monoisotopic (exact) mass is 334 g/mol. The Kier molecular flexibility index (Phi) is 4.96. The van der Waals surface area contributed by atoms with E-state index in [0.717, 1.165) is 13.8 Å². The Balaban J connectivity index is 3.24. The maximum Gasteiger partial charge on any atom is 0.160 e. The van der Waals surface area contributed by atoms with Crippen LogP contribution in [0.5, 0.6) is 0 Å². The summed E-state index contributed by atoms with van der Waals surface area (Å²) in [4.78, 5) is 21.8. The van der Waals surface area contributed by atoms with E-state index in [1.54, 1.807) is 0 Å². The van der Waals surface area contributed by atoms with E-state index in [2.05, 4.69) is 0 Å². The van der Waals surface area contributed by atoms with Crippen LogP contribution in [-0.4, -0.2) is 68.0 Å². The quantitative estimate of drug-likeness (QED) is 0.320. The molecule has 1 aliphatic rings. The van der Waals surface area contributed by atoms with Crippen LogP contribution in [0.4, 0.5) is 17.9 Å².